The Labute approximate surface area is 503 Å². The molecule has 4 aliphatic heterocycles. The van der Waals surface area contributed by atoms with Gasteiger partial charge < -0.3 is 60.0 Å². The molecule has 2 amide bonds. The SMILES string of the molecule is CO[C@H]1/C=C/O[C@@]2(C)Cc3c(C)c(O)c4c(O)c(c(/C=N/N5CCN(C(=O)C6CCN(c7nc8c(cc7F)c(=O)c(C(=O)O)cn8-c7ccc(F)cc7F)C6)CC5)c(O)c4c3C2=O)NC(=O)/C(C)=C\C=C\[C@H](C)[C@H](O)[C@@H](C)[C@@H](O)[C@@H](C)[C@H](OC(C)=O)[C@@H]1C. The van der Waals surface area contributed by atoms with E-state index in [1.165, 1.54) is 70.4 Å². The van der Waals surface area contributed by atoms with Crippen molar-refractivity contribution in [2.75, 3.05) is 56.6 Å². The smallest absolute Gasteiger partial charge is 0.341 e. The maximum absolute atomic E-state index is 16.0. The summed E-state index contributed by atoms with van der Waals surface area (Å²) < 4.78 is 63.9. The number of fused-ring (bicyclic) bond motifs is 15. The number of Topliss-reactive ketones (excluding diaryl/α,β-unsaturated/α-hetero) is 1. The fourth-order valence-electron chi connectivity index (χ4n) is 12.4. The zero-order valence-electron chi connectivity index (χ0n) is 49.9. The van der Waals surface area contributed by atoms with Gasteiger partial charge in [0.05, 0.1) is 77.5 Å². The quantitative estimate of drug-likeness (QED) is 0.0364. The molecule has 7 N–H and O–H groups in total. The van der Waals surface area contributed by atoms with Gasteiger partial charge in [0, 0.05) is 99.1 Å². The molecule has 2 aromatic heterocycles. The number of nitrogens with zero attached hydrogens (tertiary/aromatic N) is 6. The number of hydrazone groups is 1. The van der Waals surface area contributed by atoms with Gasteiger partial charge in [0.2, 0.25) is 17.1 Å². The van der Waals surface area contributed by atoms with Crippen molar-refractivity contribution < 1.29 is 82.0 Å². The predicted octanol–water partition coefficient (Wildman–Crippen LogP) is 6.78. The van der Waals surface area contributed by atoms with Gasteiger partial charge in [0.25, 0.3) is 5.91 Å². The number of carboxylic acid groups (broad SMARTS) is 1. The Morgan fingerprint density at radius 3 is 2.25 bits per heavy atom. The molecule has 88 heavy (non-hydrogen) atoms. The summed E-state index contributed by atoms with van der Waals surface area (Å²) in [5.41, 5.74) is -4.41. The summed E-state index contributed by atoms with van der Waals surface area (Å²) in [4.78, 5) is 88.3. The number of halogens is 3. The van der Waals surface area contributed by atoms with Crippen molar-refractivity contribution in [2.45, 2.75) is 98.2 Å². The number of esters is 1. The van der Waals surface area contributed by atoms with E-state index in [-0.39, 0.29) is 114 Å². The number of carbonyl (C=O) groups is 5. The number of hydrogen-bond acceptors (Lipinski definition) is 18. The van der Waals surface area contributed by atoms with Gasteiger partial charge in [-0.15, -0.1) is 0 Å². The number of ether oxygens (including phenoxy) is 3. The number of aromatic nitrogens is 2. The Balaban J connectivity index is 1.01. The van der Waals surface area contributed by atoms with Gasteiger partial charge in [-0.2, -0.15) is 5.10 Å². The molecule has 468 valence electrons. The molecule has 5 aliphatic rings. The largest absolute Gasteiger partial charge is 0.507 e. The number of benzene rings is 3. The second-order valence-electron chi connectivity index (χ2n) is 23.4. The number of aromatic hydroxyl groups is 3. The number of piperazine rings is 1. The number of carbonyl (C=O) groups excluding carboxylic acids is 4. The number of amides is 2. The molecule has 25 heteroatoms. The maximum Gasteiger partial charge on any atom is 0.341 e. The van der Waals surface area contributed by atoms with Crippen molar-refractivity contribution in [1.82, 2.24) is 19.5 Å². The molecule has 2 fully saturated rings. The molecular weight excluding hydrogens is 1150 g/mol. The normalized spacial score (nSPS) is 27.0. The number of allylic oxidation sites excluding steroid dienone is 2. The van der Waals surface area contributed by atoms with Crippen LogP contribution in [0.3, 0.4) is 0 Å². The molecule has 6 heterocycles. The molecule has 1 aliphatic carbocycles. The zero-order valence-corrected chi connectivity index (χ0v) is 49.9. The van der Waals surface area contributed by atoms with E-state index in [0.29, 0.717) is 11.6 Å². The number of carboxylic acids is 1. The molecule has 22 nitrogen and oxygen atoms in total. The molecule has 1 unspecified atom stereocenters. The van der Waals surface area contributed by atoms with Gasteiger partial charge in [-0.25, -0.2) is 22.9 Å². The van der Waals surface area contributed by atoms with Crippen molar-refractivity contribution in [2.24, 2.45) is 34.7 Å². The van der Waals surface area contributed by atoms with E-state index in [1.54, 1.807) is 43.7 Å². The van der Waals surface area contributed by atoms with Crippen LogP contribution in [0.5, 0.6) is 17.2 Å². The van der Waals surface area contributed by atoms with E-state index in [2.05, 4.69) is 15.4 Å². The lowest BCUT2D eigenvalue weighted by atomic mass is 9.78. The second-order valence-corrected chi connectivity index (χ2v) is 23.4. The molecule has 5 aromatic rings. The summed E-state index contributed by atoms with van der Waals surface area (Å²) in [5, 5.41) is 77.3. The average molecular weight is 1220 g/mol. The molecular formula is C63H70F3N7O15. The van der Waals surface area contributed by atoms with Crippen molar-refractivity contribution >= 4 is 69.1 Å². The maximum atomic E-state index is 16.0. The van der Waals surface area contributed by atoms with Crippen LogP contribution in [0.15, 0.2) is 76.5 Å². The van der Waals surface area contributed by atoms with Crippen LogP contribution in [0.4, 0.5) is 24.7 Å². The van der Waals surface area contributed by atoms with E-state index in [0.717, 1.165) is 29.0 Å². The number of ketones is 1. The van der Waals surface area contributed by atoms with Crippen molar-refractivity contribution in [3.05, 3.63) is 122 Å². The lowest BCUT2D eigenvalue weighted by Gasteiger charge is -2.38. The van der Waals surface area contributed by atoms with Crippen molar-refractivity contribution in [3.63, 3.8) is 0 Å². The van der Waals surface area contributed by atoms with Gasteiger partial charge in [0.15, 0.2) is 28.6 Å². The minimum Gasteiger partial charge on any atom is -0.507 e. The van der Waals surface area contributed by atoms with Crippen LogP contribution < -0.4 is 15.6 Å². The van der Waals surface area contributed by atoms with Gasteiger partial charge in [-0.05, 0) is 62.6 Å². The molecule has 10 atom stereocenters. The standard InChI is InChI=1S/C63H70F3N7O15/c1-29-11-10-12-30(2)60(82)68-49-40(54(79)47-46-39(31(3)52(77)48(47)55(49)80)25-63(8,57(46)81)87-22-16-45(86-9)32(4)56(88-35(7)74)34(6)51(76)33(5)50(29)75)26-67-72-20-18-70(19-21-72)61(83)36-15-17-71(27-36)59-43(66)24-38-53(78)41(62(84)85)28-73(58(38)69-59)44-14-13-37(64)23-42(44)65/h10-14,16,22-24,26,28-29,32-34,36,45,50-51,56,75-77,79-80H,15,17-21,25,27H2,1-9H3,(H,68,82)(H,84,85)/b11-10+,22-16+,30-12-,67-26+/t29-,32+,33+,34+,36?,45-,50-,51+,56+,63-/m0/s1. The van der Waals surface area contributed by atoms with Crippen LogP contribution in [-0.4, -0.2) is 162 Å². The Bertz CT molecular complexity index is 3860. The molecule has 2 saturated heterocycles. The third kappa shape index (κ3) is 11.9. The Kier molecular flexibility index (Phi) is 18.2. The summed E-state index contributed by atoms with van der Waals surface area (Å²) in [6, 6.07) is 3.29. The number of nitrogens with one attached hydrogen (secondary N) is 1. The second kappa shape index (κ2) is 25.1. The molecule has 10 rings (SSSR count). The van der Waals surface area contributed by atoms with Crippen LogP contribution in [0.1, 0.15) is 92.3 Å². The summed E-state index contributed by atoms with van der Waals surface area (Å²) in [7, 11) is 1.43. The Hall–Kier alpha value is -8.81. The van der Waals surface area contributed by atoms with Crippen LogP contribution in [0.2, 0.25) is 0 Å². The molecule has 3 aromatic carbocycles. The van der Waals surface area contributed by atoms with E-state index >= 15 is 8.78 Å². The van der Waals surface area contributed by atoms with Gasteiger partial charge in [-0.3, -0.25) is 33.5 Å². The Morgan fingerprint density at radius 1 is 0.886 bits per heavy atom. The number of rotatable bonds is 8. The number of phenolic OH excluding ortho intramolecular Hbond substituents is 3. The third-order valence-electron chi connectivity index (χ3n) is 17.6. The number of anilines is 2. The fraction of sp³-hybridized carbons (Fsp3) is 0.429. The first kappa shape index (κ1) is 63.7. The first-order valence-electron chi connectivity index (χ1n) is 28.7. The first-order chi connectivity index (χ1) is 41.6. The summed E-state index contributed by atoms with van der Waals surface area (Å²) >= 11 is 0. The minimum atomic E-state index is -1.67. The number of methoxy groups -OCH3 is 1. The number of phenols is 3. The fourth-order valence-corrected chi connectivity index (χ4v) is 12.4. The van der Waals surface area contributed by atoms with Gasteiger partial charge in [-0.1, -0.05) is 45.9 Å². The van der Waals surface area contributed by atoms with Crippen LogP contribution in [0.25, 0.3) is 27.5 Å². The highest BCUT2D eigenvalue weighted by Gasteiger charge is 2.48. The summed E-state index contributed by atoms with van der Waals surface area (Å²) in [6.45, 7) is 13.2. The summed E-state index contributed by atoms with van der Waals surface area (Å²) in [6.07, 6.45) is 5.44. The monoisotopic (exact) mass is 1220 g/mol. The van der Waals surface area contributed by atoms with Crippen LogP contribution in [-0.2, 0) is 35.0 Å². The van der Waals surface area contributed by atoms with Gasteiger partial charge >= 0.3 is 11.9 Å². The van der Waals surface area contributed by atoms with Crippen molar-refractivity contribution in [1.29, 1.82) is 0 Å². The highest BCUT2D eigenvalue weighted by molar-refractivity contribution is 6.23. The van der Waals surface area contributed by atoms with Crippen molar-refractivity contribution in [3.8, 4) is 22.9 Å². The highest BCUT2D eigenvalue weighted by atomic mass is 19.1. The number of aliphatic hydroxyl groups is 2. The molecule has 0 saturated carbocycles. The lowest BCUT2D eigenvalue weighted by Crippen LogP contribution is -2.49. The predicted molar refractivity (Wildman–Crippen MR) is 317 cm³/mol. The topological polar surface area (TPSA) is 303 Å². The summed E-state index contributed by atoms with van der Waals surface area (Å²) in [5.74, 6) is -12.6. The lowest BCUT2D eigenvalue weighted by molar-refractivity contribution is -0.160. The number of hydrogen-bond donors (Lipinski definition) is 7. The van der Waals surface area contributed by atoms with Gasteiger partial charge in [0.1, 0.15) is 34.8 Å². The average Bonchev–Trinajstić information content (AvgIpc) is 1.43. The van der Waals surface area contributed by atoms with E-state index in [4.69, 9.17) is 14.2 Å². The zero-order chi connectivity index (χ0) is 64.1. The molecule has 0 radical (unpaired) electrons. The number of pyridine rings is 2. The Morgan fingerprint density at radius 2 is 1.59 bits per heavy atom. The van der Waals surface area contributed by atoms with E-state index in [9.17, 15) is 63.8 Å². The van der Waals surface area contributed by atoms with Crippen LogP contribution >= 0.6 is 0 Å². The minimum absolute atomic E-state index is 0.0265. The van der Waals surface area contributed by atoms with E-state index in [1.807, 2.05) is 0 Å². The van der Waals surface area contributed by atoms with E-state index < -0.39 is 134 Å². The number of aromatic carboxylic acids is 1. The third-order valence-corrected chi connectivity index (χ3v) is 17.6. The van der Waals surface area contributed by atoms with Crippen LogP contribution in [0, 0.1) is 54.0 Å². The molecule has 0 spiro atoms. The molecule has 5 bridgehead atoms. The highest BCUT2D eigenvalue weighted by Crippen LogP contribution is 2.53. The number of aliphatic hydroxyl groups excluding tert-OH is 2. The first-order valence-corrected chi connectivity index (χ1v) is 28.7.